The van der Waals surface area contributed by atoms with E-state index in [1.165, 1.54) is 76.2 Å². The van der Waals surface area contributed by atoms with Crippen LogP contribution in [0.5, 0.6) is 0 Å². The average molecular weight is 416 g/mol. The van der Waals surface area contributed by atoms with Gasteiger partial charge in [-0.25, -0.2) is 0 Å². The van der Waals surface area contributed by atoms with E-state index in [1.54, 1.807) is 5.56 Å². The number of rotatable bonds is 17. The molecule has 0 spiro atoms. The number of benzene rings is 1. The van der Waals surface area contributed by atoms with E-state index in [1.807, 2.05) is 0 Å². The Labute approximate surface area is 185 Å². The zero-order valence-electron chi connectivity index (χ0n) is 19.4. The summed E-state index contributed by atoms with van der Waals surface area (Å²) in [5.41, 5.74) is 3.04. The topological polar surface area (TPSA) is 38.3 Å². The van der Waals surface area contributed by atoms with Crippen LogP contribution in [0.3, 0.4) is 0 Å². The molecule has 1 aliphatic carbocycles. The van der Waals surface area contributed by atoms with E-state index in [0.717, 1.165) is 31.8 Å². The molecule has 0 atom stereocenters. The number of amides is 1. The number of unbranched alkanes of at least 4 members (excludes halogenated alkanes) is 7. The van der Waals surface area contributed by atoms with Crippen molar-refractivity contribution in [3.05, 3.63) is 35.4 Å². The van der Waals surface area contributed by atoms with E-state index >= 15 is 0 Å². The van der Waals surface area contributed by atoms with Gasteiger partial charge in [0.2, 0.25) is 5.91 Å². The maximum absolute atomic E-state index is 11.8. The minimum atomic E-state index is 0.174. The highest BCUT2D eigenvalue weighted by atomic mass is 16.5. The first-order chi connectivity index (χ1) is 14.8. The van der Waals surface area contributed by atoms with E-state index in [-0.39, 0.29) is 5.91 Å². The number of carbonyl (C=O) groups is 1. The van der Waals surface area contributed by atoms with Crippen LogP contribution < -0.4 is 5.32 Å². The van der Waals surface area contributed by atoms with Crippen LogP contribution in [-0.4, -0.2) is 25.7 Å². The van der Waals surface area contributed by atoms with Crippen molar-refractivity contribution < 1.29 is 9.53 Å². The van der Waals surface area contributed by atoms with Crippen molar-refractivity contribution in [3.63, 3.8) is 0 Å². The van der Waals surface area contributed by atoms with Gasteiger partial charge in [-0.05, 0) is 55.6 Å². The lowest BCUT2D eigenvalue weighted by molar-refractivity contribution is -0.121. The van der Waals surface area contributed by atoms with Gasteiger partial charge >= 0.3 is 0 Å². The number of hydrogen-bond acceptors (Lipinski definition) is 2. The molecule has 0 heterocycles. The first-order valence-electron chi connectivity index (χ1n) is 12.7. The molecule has 1 aromatic carbocycles. The Bertz CT molecular complexity index is 548. The normalized spacial score (nSPS) is 14.3. The summed E-state index contributed by atoms with van der Waals surface area (Å²) in [4.78, 5) is 11.8. The minimum Gasteiger partial charge on any atom is -0.380 e. The smallest absolute Gasteiger partial charge is 0.220 e. The van der Waals surface area contributed by atoms with Crippen molar-refractivity contribution in [2.24, 2.45) is 0 Å². The van der Waals surface area contributed by atoms with Gasteiger partial charge < -0.3 is 10.1 Å². The molecule has 0 aromatic heterocycles. The third-order valence-corrected chi connectivity index (χ3v) is 6.39. The quantitative estimate of drug-likeness (QED) is 0.280. The van der Waals surface area contributed by atoms with Gasteiger partial charge in [0.15, 0.2) is 0 Å². The molecule has 0 saturated heterocycles. The molecular weight excluding hydrogens is 370 g/mol. The van der Waals surface area contributed by atoms with Crippen molar-refractivity contribution in [2.45, 2.75) is 109 Å². The van der Waals surface area contributed by atoms with Crippen LogP contribution >= 0.6 is 0 Å². The molecule has 1 aromatic rings. The maximum atomic E-state index is 11.8. The van der Waals surface area contributed by atoms with Gasteiger partial charge in [0.25, 0.3) is 0 Å². The van der Waals surface area contributed by atoms with Crippen molar-refractivity contribution >= 4 is 5.91 Å². The van der Waals surface area contributed by atoms with Crippen LogP contribution in [0.25, 0.3) is 0 Å². The van der Waals surface area contributed by atoms with E-state index in [0.29, 0.717) is 19.6 Å². The van der Waals surface area contributed by atoms with Crippen LogP contribution in [0.4, 0.5) is 0 Å². The second kappa shape index (κ2) is 16.4. The summed E-state index contributed by atoms with van der Waals surface area (Å²) in [5.74, 6) is 0.998. The fraction of sp³-hybridized carbons (Fsp3) is 0.741. The van der Waals surface area contributed by atoms with Crippen LogP contribution in [-0.2, 0) is 16.0 Å². The lowest BCUT2D eigenvalue weighted by Gasteiger charge is -2.10. The molecule has 1 saturated carbocycles. The molecule has 3 heteroatoms. The summed E-state index contributed by atoms with van der Waals surface area (Å²) >= 11 is 0. The van der Waals surface area contributed by atoms with Gasteiger partial charge in [0, 0.05) is 19.6 Å². The predicted molar refractivity (Wildman–Crippen MR) is 127 cm³/mol. The van der Waals surface area contributed by atoms with Gasteiger partial charge in [0.05, 0.1) is 6.61 Å². The van der Waals surface area contributed by atoms with Gasteiger partial charge in [-0.15, -0.1) is 0 Å². The number of hydrogen-bond donors (Lipinski definition) is 1. The highest BCUT2D eigenvalue weighted by Crippen LogP contribution is 2.34. The van der Waals surface area contributed by atoms with Gasteiger partial charge in [-0.3, -0.25) is 4.79 Å². The molecular formula is C27H45NO2. The van der Waals surface area contributed by atoms with Crippen LogP contribution in [0, 0.1) is 0 Å². The lowest BCUT2D eigenvalue weighted by Crippen LogP contribution is -2.27. The lowest BCUT2D eigenvalue weighted by atomic mass is 9.95. The second-order valence-electron chi connectivity index (χ2n) is 9.01. The number of carbonyl (C=O) groups excluding carboxylic acids is 1. The summed E-state index contributed by atoms with van der Waals surface area (Å²) in [6.07, 6.45) is 18.3. The summed E-state index contributed by atoms with van der Waals surface area (Å²) < 4.78 is 5.51. The van der Waals surface area contributed by atoms with E-state index in [2.05, 4.69) is 36.5 Å². The van der Waals surface area contributed by atoms with E-state index in [9.17, 15) is 4.79 Å². The van der Waals surface area contributed by atoms with Crippen molar-refractivity contribution in [2.75, 3.05) is 19.8 Å². The largest absolute Gasteiger partial charge is 0.380 e. The fourth-order valence-electron chi connectivity index (χ4n) is 4.44. The molecule has 0 aliphatic heterocycles. The Kier molecular flexibility index (Phi) is 13.6. The molecule has 1 fully saturated rings. The number of nitrogens with one attached hydrogen (secondary N) is 1. The molecule has 170 valence electrons. The zero-order valence-corrected chi connectivity index (χ0v) is 19.4. The van der Waals surface area contributed by atoms with Gasteiger partial charge in [-0.1, -0.05) is 82.6 Å². The third kappa shape index (κ3) is 11.2. The summed E-state index contributed by atoms with van der Waals surface area (Å²) in [6.45, 7) is 4.29. The number of ether oxygens (including phenoxy) is 1. The van der Waals surface area contributed by atoms with Crippen LogP contribution in [0.1, 0.15) is 114 Å². The molecule has 1 N–H and O–H groups in total. The van der Waals surface area contributed by atoms with Crippen LogP contribution in [0.15, 0.2) is 24.3 Å². The predicted octanol–water partition coefficient (Wildman–Crippen LogP) is 6.94. The van der Waals surface area contributed by atoms with Gasteiger partial charge in [-0.2, -0.15) is 0 Å². The van der Waals surface area contributed by atoms with Crippen LogP contribution in [0.2, 0.25) is 0 Å². The Morgan fingerprint density at radius 1 is 0.900 bits per heavy atom. The highest BCUT2D eigenvalue weighted by Gasteiger charge is 2.16. The SMILES string of the molecule is CCCCCOCCNC(=O)CCCCCCCCc1ccc(C2CCCC2)cc1. The van der Waals surface area contributed by atoms with Crippen molar-refractivity contribution in [3.8, 4) is 0 Å². The Balaban J connectivity index is 1.37. The zero-order chi connectivity index (χ0) is 21.3. The molecule has 30 heavy (non-hydrogen) atoms. The maximum Gasteiger partial charge on any atom is 0.220 e. The Morgan fingerprint density at radius 3 is 2.33 bits per heavy atom. The monoisotopic (exact) mass is 415 g/mol. The van der Waals surface area contributed by atoms with E-state index < -0.39 is 0 Å². The summed E-state index contributed by atoms with van der Waals surface area (Å²) in [6, 6.07) is 9.44. The Morgan fingerprint density at radius 2 is 1.60 bits per heavy atom. The van der Waals surface area contributed by atoms with Crippen molar-refractivity contribution in [1.82, 2.24) is 5.32 Å². The molecule has 0 unspecified atom stereocenters. The third-order valence-electron chi connectivity index (χ3n) is 6.39. The van der Waals surface area contributed by atoms with E-state index in [4.69, 9.17) is 4.74 Å². The summed E-state index contributed by atoms with van der Waals surface area (Å²) in [5, 5.41) is 2.96. The molecule has 0 bridgehead atoms. The molecule has 0 radical (unpaired) electrons. The van der Waals surface area contributed by atoms with Gasteiger partial charge in [0.1, 0.15) is 0 Å². The molecule has 1 amide bonds. The first-order valence-corrected chi connectivity index (χ1v) is 12.7. The number of aryl methyl sites for hydroxylation is 1. The minimum absolute atomic E-state index is 0.174. The molecule has 2 rings (SSSR count). The highest BCUT2D eigenvalue weighted by molar-refractivity contribution is 5.75. The fourth-order valence-corrected chi connectivity index (χ4v) is 4.44. The Hall–Kier alpha value is -1.35. The molecule has 3 nitrogen and oxygen atoms in total. The average Bonchev–Trinajstić information content (AvgIpc) is 3.30. The summed E-state index contributed by atoms with van der Waals surface area (Å²) in [7, 11) is 0. The second-order valence-corrected chi connectivity index (χ2v) is 9.01. The standard InChI is InChI=1S/C27H45NO2/c1-2-3-12-22-30-23-21-28-27(29)16-9-7-5-4-6-8-13-24-17-19-26(20-18-24)25-14-10-11-15-25/h17-20,25H,2-16,21-23H2,1H3,(H,28,29). The first kappa shape index (κ1) is 24.9. The molecule has 1 aliphatic rings. The van der Waals surface area contributed by atoms with Crippen molar-refractivity contribution in [1.29, 1.82) is 0 Å².